The third kappa shape index (κ3) is 4.47. The van der Waals surface area contributed by atoms with Gasteiger partial charge in [0, 0.05) is 25.0 Å². The first kappa shape index (κ1) is 18.7. The van der Waals surface area contributed by atoms with Gasteiger partial charge in [0.2, 0.25) is 5.91 Å². The first-order valence-corrected chi connectivity index (χ1v) is 10.4. The van der Waals surface area contributed by atoms with Gasteiger partial charge in [0.15, 0.2) is 0 Å². The fourth-order valence-corrected chi connectivity index (χ4v) is 5.54. The van der Waals surface area contributed by atoms with Crippen LogP contribution in [0.15, 0.2) is 16.3 Å². The first-order valence-electron chi connectivity index (χ1n) is 7.77. The number of nitrogens with one attached hydrogen (secondary N) is 1. The lowest BCUT2D eigenvalue weighted by Crippen LogP contribution is -2.45. The molecule has 1 aliphatic rings. The van der Waals surface area contributed by atoms with E-state index in [4.69, 9.17) is 11.6 Å². The quantitative estimate of drug-likeness (QED) is 0.856. The standard InChI is InChI=1S/C15H23ClN2O3S2/c1-10(2)11(3)17-15(19)12-6-8-18(9-7-12)23(20,21)14-5-4-13(16)22-14/h4-5,10-12H,6-9H2,1-3H3,(H,17,19)/t11-/m0/s1. The number of piperidine rings is 1. The van der Waals surface area contributed by atoms with Crippen LogP contribution in [0.1, 0.15) is 33.6 Å². The molecule has 0 radical (unpaired) electrons. The number of carbonyl (C=O) groups is 1. The van der Waals surface area contributed by atoms with Crippen LogP contribution in [0.5, 0.6) is 0 Å². The molecule has 0 bridgehead atoms. The summed E-state index contributed by atoms with van der Waals surface area (Å²) in [6.07, 6.45) is 1.10. The molecule has 1 aromatic heterocycles. The Balaban J connectivity index is 1.94. The van der Waals surface area contributed by atoms with Crippen molar-refractivity contribution in [2.24, 2.45) is 11.8 Å². The average molecular weight is 379 g/mol. The number of carbonyl (C=O) groups excluding carboxylic acids is 1. The predicted octanol–water partition coefficient (Wildman–Crippen LogP) is 2.96. The molecule has 2 heterocycles. The molecule has 1 N–H and O–H groups in total. The molecule has 23 heavy (non-hydrogen) atoms. The summed E-state index contributed by atoms with van der Waals surface area (Å²) in [5.74, 6) is 0.292. The van der Waals surface area contributed by atoms with Gasteiger partial charge in [-0.1, -0.05) is 25.4 Å². The van der Waals surface area contributed by atoms with Crippen LogP contribution in [0.2, 0.25) is 4.34 Å². The van der Waals surface area contributed by atoms with E-state index in [9.17, 15) is 13.2 Å². The van der Waals surface area contributed by atoms with Crippen LogP contribution in [0.25, 0.3) is 0 Å². The Morgan fingerprint density at radius 1 is 1.30 bits per heavy atom. The van der Waals surface area contributed by atoms with Gasteiger partial charge < -0.3 is 5.32 Å². The van der Waals surface area contributed by atoms with Crippen molar-refractivity contribution in [2.75, 3.05) is 13.1 Å². The van der Waals surface area contributed by atoms with Crippen LogP contribution >= 0.6 is 22.9 Å². The number of amides is 1. The van der Waals surface area contributed by atoms with Crippen LogP contribution in [-0.4, -0.2) is 37.8 Å². The van der Waals surface area contributed by atoms with Crippen molar-refractivity contribution in [3.63, 3.8) is 0 Å². The maximum absolute atomic E-state index is 12.5. The first-order chi connectivity index (χ1) is 10.7. The van der Waals surface area contributed by atoms with E-state index in [2.05, 4.69) is 19.2 Å². The van der Waals surface area contributed by atoms with Crippen molar-refractivity contribution in [3.8, 4) is 0 Å². The van der Waals surface area contributed by atoms with Crippen LogP contribution in [-0.2, 0) is 14.8 Å². The normalized spacial score (nSPS) is 19.0. The Hall–Kier alpha value is -0.630. The van der Waals surface area contributed by atoms with E-state index < -0.39 is 10.0 Å². The smallest absolute Gasteiger partial charge is 0.252 e. The zero-order valence-electron chi connectivity index (χ0n) is 13.6. The number of nitrogens with zero attached hydrogens (tertiary/aromatic N) is 1. The van der Waals surface area contributed by atoms with Crippen LogP contribution in [0.4, 0.5) is 0 Å². The van der Waals surface area contributed by atoms with Crippen molar-refractivity contribution in [1.82, 2.24) is 9.62 Å². The van der Waals surface area contributed by atoms with Gasteiger partial charge in [-0.2, -0.15) is 4.31 Å². The number of thiophene rings is 1. The summed E-state index contributed by atoms with van der Waals surface area (Å²) in [4.78, 5) is 12.2. The molecule has 0 spiro atoms. The Labute approximate surface area is 147 Å². The minimum Gasteiger partial charge on any atom is -0.353 e. The molecule has 5 nitrogen and oxygen atoms in total. The summed E-state index contributed by atoms with van der Waals surface area (Å²) in [6.45, 7) is 6.85. The second-order valence-electron chi connectivity index (χ2n) is 6.28. The van der Waals surface area contributed by atoms with Crippen LogP contribution in [0.3, 0.4) is 0 Å². The van der Waals surface area contributed by atoms with Gasteiger partial charge in [-0.25, -0.2) is 8.42 Å². The van der Waals surface area contributed by atoms with E-state index in [1.165, 1.54) is 10.4 Å². The van der Waals surface area contributed by atoms with E-state index in [1.54, 1.807) is 6.07 Å². The van der Waals surface area contributed by atoms with Crippen LogP contribution < -0.4 is 5.32 Å². The Kier molecular flexibility index (Phi) is 6.10. The number of sulfonamides is 1. The highest BCUT2D eigenvalue weighted by Gasteiger charge is 2.33. The van der Waals surface area contributed by atoms with Crippen molar-refractivity contribution in [2.45, 2.75) is 43.9 Å². The highest BCUT2D eigenvalue weighted by molar-refractivity contribution is 7.91. The van der Waals surface area contributed by atoms with E-state index in [0.29, 0.717) is 36.2 Å². The average Bonchev–Trinajstić information content (AvgIpc) is 2.94. The highest BCUT2D eigenvalue weighted by atomic mass is 35.5. The molecule has 0 aromatic carbocycles. The maximum Gasteiger partial charge on any atom is 0.252 e. The van der Waals surface area contributed by atoms with E-state index in [-0.39, 0.29) is 22.1 Å². The van der Waals surface area contributed by atoms with E-state index >= 15 is 0 Å². The summed E-state index contributed by atoms with van der Waals surface area (Å²) < 4.78 is 27.2. The predicted molar refractivity (Wildman–Crippen MR) is 93.3 cm³/mol. The van der Waals surface area contributed by atoms with Crippen molar-refractivity contribution >= 4 is 38.9 Å². The molecule has 130 valence electrons. The summed E-state index contributed by atoms with van der Waals surface area (Å²) in [5.41, 5.74) is 0. The summed E-state index contributed by atoms with van der Waals surface area (Å²) in [6, 6.07) is 3.25. The minimum atomic E-state index is -3.49. The third-order valence-electron chi connectivity index (χ3n) is 4.34. The second-order valence-corrected chi connectivity index (χ2v) is 10.2. The van der Waals surface area contributed by atoms with Gasteiger partial charge in [0.1, 0.15) is 4.21 Å². The van der Waals surface area contributed by atoms with Gasteiger partial charge in [-0.05, 0) is 37.8 Å². The fraction of sp³-hybridized carbons (Fsp3) is 0.667. The van der Waals surface area contributed by atoms with Gasteiger partial charge in [-0.15, -0.1) is 11.3 Å². The molecule has 1 fully saturated rings. The molecule has 1 saturated heterocycles. The maximum atomic E-state index is 12.5. The number of hydrogen-bond donors (Lipinski definition) is 1. The van der Waals surface area contributed by atoms with Crippen LogP contribution in [0, 0.1) is 11.8 Å². The lowest BCUT2D eigenvalue weighted by molar-refractivity contribution is -0.127. The van der Waals surface area contributed by atoms with Crippen molar-refractivity contribution in [3.05, 3.63) is 16.5 Å². The fourth-order valence-electron chi connectivity index (χ4n) is 2.43. The summed E-state index contributed by atoms with van der Waals surface area (Å²) in [5, 5.41) is 3.02. The van der Waals surface area contributed by atoms with Gasteiger partial charge >= 0.3 is 0 Å². The van der Waals surface area contributed by atoms with Gasteiger partial charge in [-0.3, -0.25) is 4.79 Å². The summed E-state index contributed by atoms with van der Waals surface area (Å²) >= 11 is 6.89. The van der Waals surface area contributed by atoms with E-state index in [1.807, 2.05) is 6.92 Å². The lowest BCUT2D eigenvalue weighted by atomic mass is 9.96. The molecule has 1 atom stereocenters. The second kappa shape index (κ2) is 7.51. The molecular formula is C15H23ClN2O3S2. The molecule has 0 aliphatic carbocycles. The zero-order chi connectivity index (χ0) is 17.2. The zero-order valence-corrected chi connectivity index (χ0v) is 16.0. The Morgan fingerprint density at radius 3 is 2.39 bits per heavy atom. The number of halogens is 1. The molecule has 0 unspecified atom stereocenters. The topological polar surface area (TPSA) is 66.5 Å². The Morgan fingerprint density at radius 2 is 1.91 bits per heavy atom. The monoisotopic (exact) mass is 378 g/mol. The lowest BCUT2D eigenvalue weighted by Gasteiger charge is -2.31. The number of rotatable bonds is 5. The summed E-state index contributed by atoms with van der Waals surface area (Å²) in [7, 11) is -3.49. The van der Waals surface area contributed by atoms with Crippen molar-refractivity contribution < 1.29 is 13.2 Å². The van der Waals surface area contributed by atoms with E-state index in [0.717, 1.165) is 11.3 Å². The van der Waals surface area contributed by atoms with Gasteiger partial charge in [0.05, 0.1) is 4.34 Å². The molecule has 1 aliphatic heterocycles. The van der Waals surface area contributed by atoms with Crippen molar-refractivity contribution in [1.29, 1.82) is 0 Å². The molecule has 2 rings (SSSR count). The molecular weight excluding hydrogens is 356 g/mol. The molecule has 8 heteroatoms. The molecule has 0 saturated carbocycles. The van der Waals surface area contributed by atoms with Gasteiger partial charge in [0.25, 0.3) is 10.0 Å². The highest BCUT2D eigenvalue weighted by Crippen LogP contribution is 2.30. The Bertz CT molecular complexity index is 649. The number of hydrogen-bond acceptors (Lipinski definition) is 4. The SMILES string of the molecule is CC(C)[C@H](C)NC(=O)C1CCN(S(=O)(=O)c2ccc(Cl)s2)CC1. The minimum absolute atomic E-state index is 0.0300. The molecule has 1 aromatic rings. The third-order valence-corrected chi connectivity index (χ3v) is 7.93. The largest absolute Gasteiger partial charge is 0.353 e. The molecule has 1 amide bonds.